The Morgan fingerprint density at radius 2 is 1.48 bits per heavy atom. The second-order valence-corrected chi connectivity index (χ2v) is 8.27. The molecule has 1 rings (SSSR count). The maximum Gasteiger partial charge on any atom is 0.253 e. The smallest absolute Gasteiger partial charge is 0.253 e. The molecule has 0 aromatic rings. The van der Waals surface area contributed by atoms with Crippen LogP contribution in [0.2, 0.25) is 0 Å². The number of hydrazine groups is 2. The fourth-order valence-electron chi connectivity index (χ4n) is 2.35. The lowest BCUT2D eigenvalue weighted by Gasteiger charge is -2.25. The van der Waals surface area contributed by atoms with Gasteiger partial charge in [-0.1, -0.05) is 0 Å². The highest BCUT2D eigenvalue weighted by Gasteiger charge is 2.24. The standard InChI is InChI=1S/C19H34N6O4/c1-14(2)20-21-15(26)8-10-24(11-9-16(27)22-23-19(3,4)5)12-13-25-17(28)6-7-18(25)29/h6-7,14,20,23H,8-13H2,1-5H3,(H,21,26)(H,22,27). The molecule has 10 heteroatoms. The van der Waals surface area contributed by atoms with Gasteiger partial charge in [0.25, 0.3) is 11.8 Å². The van der Waals surface area contributed by atoms with Crippen LogP contribution in [0.25, 0.3) is 0 Å². The highest BCUT2D eigenvalue weighted by molar-refractivity contribution is 6.12. The van der Waals surface area contributed by atoms with Crippen LogP contribution in [0.3, 0.4) is 0 Å². The lowest BCUT2D eigenvalue weighted by molar-refractivity contribution is -0.137. The van der Waals surface area contributed by atoms with Crippen LogP contribution in [-0.2, 0) is 19.2 Å². The predicted octanol–water partition coefficient (Wildman–Crippen LogP) is -0.558. The van der Waals surface area contributed by atoms with Crippen LogP contribution in [-0.4, -0.2) is 71.2 Å². The fourth-order valence-corrected chi connectivity index (χ4v) is 2.35. The molecule has 0 saturated carbocycles. The van der Waals surface area contributed by atoms with Gasteiger partial charge < -0.3 is 4.90 Å². The van der Waals surface area contributed by atoms with Crippen molar-refractivity contribution in [2.24, 2.45) is 0 Å². The Hall–Kier alpha value is -2.30. The summed E-state index contributed by atoms with van der Waals surface area (Å²) in [5.41, 5.74) is 10.8. The monoisotopic (exact) mass is 410 g/mol. The maximum atomic E-state index is 12.1. The average molecular weight is 411 g/mol. The molecule has 0 aromatic heterocycles. The first-order valence-electron chi connectivity index (χ1n) is 9.84. The van der Waals surface area contributed by atoms with E-state index < -0.39 is 0 Å². The first kappa shape index (κ1) is 24.7. The van der Waals surface area contributed by atoms with E-state index in [1.54, 1.807) is 0 Å². The topological polar surface area (TPSA) is 123 Å². The minimum atomic E-state index is -0.346. The largest absolute Gasteiger partial charge is 0.301 e. The zero-order valence-electron chi connectivity index (χ0n) is 18.0. The Labute approximate surface area is 172 Å². The van der Waals surface area contributed by atoms with Crippen molar-refractivity contribution < 1.29 is 19.2 Å². The third kappa shape index (κ3) is 10.7. The van der Waals surface area contributed by atoms with Gasteiger partial charge in [-0.2, -0.15) is 0 Å². The first-order valence-corrected chi connectivity index (χ1v) is 9.84. The normalized spacial score (nSPS) is 14.2. The van der Waals surface area contributed by atoms with Crippen molar-refractivity contribution in [1.82, 2.24) is 31.5 Å². The van der Waals surface area contributed by atoms with Gasteiger partial charge in [-0.15, -0.1) is 0 Å². The third-order valence-corrected chi connectivity index (χ3v) is 3.93. The summed E-state index contributed by atoms with van der Waals surface area (Å²) in [5, 5.41) is 0. The van der Waals surface area contributed by atoms with Gasteiger partial charge in [0.2, 0.25) is 11.8 Å². The summed E-state index contributed by atoms with van der Waals surface area (Å²) >= 11 is 0. The first-order chi connectivity index (χ1) is 13.5. The van der Waals surface area contributed by atoms with Gasteiger partial charge in [0.1, 0.15) is 0 Å². The van der Waals surface area contributed by atoms with E-state index in [1.807, 2.05) is 39.5 Å². The van der Waals surface area contributed by atoms with Gasteiger partial charge in [-0.05, 0) is 34.6 Å². The molecule has 0 saturated heterocycles. The van der Waals surface area contributed by atoms with Crippen LogP contribution in [0.1, 0.15) is 47.5 Å². The minimum absolute atomic E-state index is 0.119. The molecule has 0 atom stereocenters. The maximum absolute atomic E-state index is 12.1. The summed E-state index contributed by atoms with van der Waals surface area (Å²) < 4.78 is 0. The number of nitrogens with one attached hydrogen (secondary N) is 4. The molecule has 1 heterocycles. The summed E-state index contributed by atoms with van der Waals surface area (Å²) in [6.45, 7) is 11.0. The second kappa shape index (κ2) is 11.6. The minimum Gasteiger partial charge on any atom is -0.301 e. The van der Waals surface area contributed by atoms with Crippen molar-refractivity contribution in [2.45, 2.75) is 59.0 Å². The molecule has 164 valence electrons. The lowest BCUT2D eigenvalue weighted by Crippen LogP contribution is -2.49. The number of hydrogen-bond donors (Lipinski definition) is 4. The quantitative estimate of drug-likeness (QED) is 0.251. The van der Waals surface area contributed by atoms with Gasteiger partial charge in [0, 0.05) is 62.8 Å². The zero-order valence-corrected chi connectivity index (χ0v) is 18.0. The second-order valence-electron chi connectivity index (χ2n) is 8.27. The molecule has 1 aliphatic heterocycles. The molecule has 0 aromatic carbocycles. The van der Waals surface area contributed by atoms with Gasteiger partial charge in [0.05, 0.1) is 0 Å². The van der Waals surface area contributed by atoms with E-state index in [9.17, 15) is 19.2 Å². The Morgan fingerprint density at radius 1 is 0.966 bits per heavy atom. The average Bonchev–Trinajstić information content (AvgIpc) is 2.95. The lowest BCUT2D eigenvalue weighted by atomic mass is 10.1. The Bertz CT molecular complexity index is 609. The van der Waals surface area contributed by atoms with Crippen LogP contribution in [0.4, 0.5) is 0 Å². The highest BCUT2D eigenvalue weighted by atomic mass is 16.2. The van der Waals surface area contributed by atoms with Crippen molar-refractivity contribution in [1.29, 1.82) is 0 Å². The molecule has 0 aliphatic carbocycles. The van der Waals surface area contributed by atoms with Gasteiger partial charge >= 0.3 is 0 Å². The molecule has 1 aliphatic rings. The molecule has 29 heavy (non-hydrogen) atoms. The number of imide groups is 1. The fraction of sp³-hybridized carbons (Fsp3) is 0.684. The Morgan fingerprint density at radius 3 is 1.97 bits per heavy atom. The molecular weight excluding hydrogens is 376 g/mol. The number of nitrogens with zero attached hydrogens (tertiary/aromatic N) is 2. The molecule has 4 N–H and O–H groups in total. The zero-order chi connectivity index (χ0) is 22.0. The van der Waals surface area contributed by atoms with E-state index >= 15 is 0 Å². The summed E-state index contributed by atoms with van der Waals surface area (Å²) in [6.07, 6.45) is 2.92. The van der Waals surface area contributed by atoms with Crippen LogP contribution in [0.15, 0.2) is 12.2 Å². The molecule has 10 nitrogen and oxygen atoms in total. The summed E-state index contributed by atoms with van der Waals surface area (Å²) in [7, 11) is 0. The van der Waals surface area contributed by atoms with Crippen molar-refractivity contribution in [3.8, 4) is 0 Å². The number of carbonyl (C=O) groups excluding carboxylic acids is 4. The van der Waals surface area contributed by atoms with Crippen LogP contribution in [0.5, 0.6) is 0 Å². The van der Waals surface area contributed by atoms with Gasteiger partial charge in [-0.25, -0.2) is 10.9 Å². The summed E-state index contributed by atoms with van der Waals surface area (Å²) in [4.78, 5) is 50.5. The number of rotatable bonds is 12. The number of amides is 4. The van der Waals surface area contributed by atoms with E-state index in [4.69, 9.17) is 0 Å². The van der Waals surface area contributed by atoms with E-state index in [1.165, 1.54) is 12.2 Å². The van der Waals surface area contributed by atoms with Gasteiger partial charge in [-0.3, -0.25) is 34.9 Å². The van der Waals surface area contributed by atoms with E-state index in [-0.39, 0.29) is 54.6 Å². The van der Waals surface area contributed by atoms with Gasteiger partial charge in [0.15, 0.2) is 0 Å². The molecule has 0 spiro atoms. The highest BCUT2D eigenvalue weighted by Crippen LogP contribution is 2.05. The molecule has 0 radical (unpaired) electrons. The predicted molar refractivity (Wildman–Crippen MR) is 109 cm³/mol. The number of hydrogen-bond acceptors (Lipinski definition) is 7. The van der Waals surface area contributed by atoms with Crippen molar-refractivity contribution >= 4 is 23.6 Å². The van der Waals surface area contributed by atoms with Crippen molar-refractivity contribution in [3.05, 3.63) is 12.2 Å². The molecule has 0 unspecified atom stereocenters. The van der Waals surface area contributed by atoms with Crippen molar-refractivity contribution in [2.75, 3.05) is 26.2 Å². The summed E-state index contributed by atoms with van der Waals surface area (Å²) in [5.74, 6) is -1.04. The molecule has 0 bridgehead atoms. The van der Waals surface area contributed by atoms with Crippen LogP contribution < -0.4 is 21.7 Å². The van der Waals surface area contributed by atoms with E-state index in [0.29, 0.717) is 19.6 Å². The summed E-state index contributed by atoms with van der Waals surface area (Å²) in [6, 6.07) is 0.119. The SMILES string of the molecule is CC(C)NNC(=O)CCN(CCC(=O)NNC(C)(C)C)CCN1C(=O)C=CC1=O. The molecule has 4 amide bonds. The Balaban J connectivity index is 2.53. The van der Waals surface area contributed by atoms with E-state index in [0.717, 1.165) is 4.90 Å². The van der Waals surface area contributed by atoms with E-state index in [2.05, 4.69) is 21.7 Å². The Kier molecular flexibility index (Phi) is 9.93. The van der Waals surface area contributed by atoms with Crippen molar-refractivity contribution in [3.63, 3.8) is 0 Å². The number of carbonyl (C=O) groups is 4. The molecular formula is C19H34N6O4. The van der Waals surface area contributed by atoms with Crippen LogP contribution >= 0.6 is 0 Å². The van der Waals surface area contributed by atoms with Crippen LogP contribution in [0, 0.1) is 0 Å². The molecule has 0 fully saturated rings. The third-order valence-electron chi connectivity index (χ3n) is 3.93.